The second kappa shape index (κ2) is 8.05. The van der Waals surface area contributed by atoms with Crippen molar-refractivity contribution >= 4 is 45.8 Å². The van der Waals surface area contributed by atoms with Crippen LogP contribution in [0.2, 0.25) is 10.0 Å². The smallest absolute Gasteiger partial charge is 0.227 e. The van der Waals surface area contributed by atoms with Crippen LogP contribution in [0.4, 0.5) is 5.69 Å². The number of hydrogen-bond donors (Lipinski definition) is 0. The molecule has 0 N–H and O–H groups in total. The summed E-state index contributed by atoms with van der Waals surface area (Å²) in [6, 6.07) is 9.62. The monoisotopic (exact) mass is 444 g/mol. The van der Waals surface area contributed by atoms with E-state index in [2.05, 4.69) is 11.0 Å². The van der Waals surface area contributed by atoms with Crippen molar-refractivity contribution in [2.24, 2.45) is 0 Å². The molecule has 2 aromatic carbocycles. The van der Waals surface area contributed by atoms with Crippen LogP contribution >= 0.6 is 23.2 Å². The standard InChI is InChI=1S/C23H22Cl2N2O3/c24-17-10-18(25)12-19(11-17)26-3-5-27(6-4-26)23(28)9-16-14-30-22-13-21-15(8-20(16)22)2-1-7-29-21/h8,10-14H,1-7,9H2. The molecule has 3 aromatic rings. The van der Waals surface area contributed by atoms with E-state index in [9.17, 15) is 4.79 Å². The second-order valence-corrected chi connectivity index (χ2v) is 8.71. The molecular formula is C23H22Cl2N2O3. The molecule has 1 fully saturated rings. The molecule has 2 aliphatic heterocycles. The molecule has 2 aliphatic rings. The van der Waals surface area contributed by atoms with Crippen molar-refractivity contribution < 1.29 is 13.9 Å². The molecule has 0 aliphatic carbocycles. The summed E-state index contributed by atoms with van der Waals surface area (Å²) < 4.78 is 11.4. The average Bonchev–Trinajstić information content (AvgIpc) is 3.13. The van der Waals surface area contributed by atoms with Gasteiger partial charge in [0.05, 0.1) is 19.3 Å². The first kappa shape index (κ1) is 19.6. The van der Waals surface area contributed by atoms with E-state index in [1.807, 2.05) is 23.1 Å². The fourth-order valence-electron chi connectivity index (χ4n) is 4.27. The van der Waals surface area contributed by atoms with Crippen molar-refractivity contribution in [3.63, 3.8) is 0 Å². The van der Waals surface area contributed by atoms with Gasteiger partial charge in [0.1, 0.15) is 11.3 Å². The van der Waals surface area contributed by atoms with Crippen molar-refractivity contribution in [2.45, 2.75) is 19.3 Å². The molecule has 3 heterocycles. The molecule has 30 heavy (non-hydrogen) atoms. The van der Waals surface area contributed by atoms with Gasteiger partial charge in [-0.1, -0.05) is 23.2 Å². The summed E-state index contributed by atoms with van der Waals surface area (Å²) in [6.07, 6.45) is 4.07. The maximum Gasteiger partial charge on any atom is 0.227 e. The molecule has 0 bridgehead atoms. The van der Waals surface area contributed by atoms with Crippen LogP contribution < -0.4 is 9.64 Å². The van der Waals surface area contributed by atoms with E-state index in [1.54, 1.807) is 12.3 Å². The zero-order chi connectivity index (χ0) is 20.7. The Labute approximate surface area is 185 Å². The number of amides is 1. The van der Waals surface area contributed by atoms with Crippen LogP contribution in [-0.4, -0.2) is 43.6 Å². The summed E-state index contributed by atoms with van der Waals surface area (Å²) in [5.74, 6) is 1.02. The number of hydrogen-bond acceptors (Lipinski definition) is 4. The first-order valence-electron chi connectivity index (χ1n) is 10.2. The van der Waals surface area contributed by atoms with Crippen LogP contribution in [0.15, 0.2) is 41.0 Å². The van der Waals surface area contributed by atoms with Gasteiger partial charge >= 0.3 is 0 Å². The number of furan rings is 1. The van der Waals surface area contributed by atoms with Crippen molar-refractivity contribution in [1.29, 1.82) is 0 Å². The summed E-state index contributed by atoms with van der Waals surface area (Å²) in [6.45, 7) is 3.58. The lowest BCUT2D eigenvalue weighted by Gasteiger charge is -2.36. The van der Waals surface area contributed by atoms with Gasteiger partial charge < -0.3 is 19.0 Å². The molecule has 5 rings (SSSR count). The highest BCUT2D eigenvalue weighted by molar-refractivity contribution is 6.35. The third-order valence-electron chi connectivity index (χ3n) is 5.87. The molecule has 1 amide bonds. The summed E-state index contributed by atoms with van der Waals surface area (Å²) in [7, 11) is 0. The normalized spacial score (nSPS) is 16.5. The number of nitrogens with zero attached hydrogens (tertiary/aromatic N) is 2. The highest BCUT2D eigenvalue weighted by atomic mass is 35.5. The number of ether oxygens (including phenoxy) is 1. The number of rotatable bonds is 3. The van der Waals surface area contributed by atoms with E-state index in [0.717, 1.165) is 60.5 Å². The van der Waals surface area contributed by atoms with Crippen LogP contribution in [0, 0.1) is 0 Å². The molecule has 0 radical (unpaired) electrons. The summed E-state index contributed by atoms with van der Waals surface area (Å²) in [5, 5.41) is 2.26. The first-order chi connectivity index (χ1) is 14.6. The minimum absolute atomic E-state index is 0.121. The van der Waals surface area contributed by atoms with E-state index in [4.69, 9.17) is 32.4 Å². The Kier molecular flexibility index (Phi) is 5.25. The second-order valence-electron chi connectivity index (χ2n) is 7.84. The maximum absolute atomic E-state index is 12.9. The number of anilines is 1. The summed E-state index contributed by atoms with van der Waals surface area (Å²) in [5.41, 5.74) is 3.90. The lowest BCUT2D eigenvalue weighted by atomic mass is 10.0. The van der Waals surface area contributed by atoms with Gasteiger partial charge in [-0.2, -0.15) is 0 Å². The number of fused-ring (bicyclic) bond motifs is 2. The van der Waals surface area contributed by atoms with E-state index in [-0.39, 0.29) is 5.91 Å². The number of carbonyl (C=O) groups is 1. The number of benzene rings is 2. The zero-order valence-corrected chi connectivity index (χ0v) is 18.0. The van der Waals surface area contributed by atoms with Crippen LogP contribution in [0.5, 0.6) is 5.75 Å². The molecule has 0 atom stereocenters. The Bertz CT molecular complexity index is 1080. The molecule has 0 unspecified atom stereocenters. The van der Waals surface area contributed by atoms with Gasteiger partial charge in [0, 0.05) is 58.9 Å². The van der Waals surface area contributed by atoms with Crippen molar-refractivity contribution in [3.05, 3.63) is 57.8 Å². The number of piperazine rings is 1. The van der Waals surface area contributed by atoms with Crippen LogP contribution in [0.3, 0.4) is 0 Å². The van der Waals surface area contributed by atoms with Gasteiger partial charge in [-0.25, -0.2) is 0 Å². The Morgan fingerprint density at radius 2 is 1.77 bits per heavy atom. The number of aryl methyl sites for hydroxylation is 1. The fraction of sp³-hybridized carbons (Fsp3) is 0.348. The van der Waals surface area contributed by atoms with Crippen LogP contribution in [0.25, 0.3) is 11.0 Å². The van der Waals surface area contributed by atoms with Crippen molar-refractivity contribution in [1.82, 2.24) is 4.90 Å². The minimum Gasteiger partial charge on any atom is -0.493 e. The van der Waals surface area contributed by atoms with Gasteiger partial charge in [-0.05, 0) is 42.7 Å². The molecule has 1 saturated heterocycles. The third-order valence-corrected chi connectivity index (χ3v) is 6.31. The third kappa shape index (κ3) is 3.84. The van der Waals surface area contributed by atoms with Gasteiger partial charge in [-0.15, -0.1) is 0 Å². The Morgan fingerprint density at radius 3 is 2.53 bits per heavy atom. The molecule has 5 nitrogen and oxygen atoms in total. The summed E-state index contributed by atoms with van der Waals surface area (Å²) in [4.78, 5) is 17.1. The predicted octanol–water partition coefficient (Wildman–Crippen LogP) is 4.96. The lowest BCUT2D eigenvalue weighted by molar-refractivity contribution is -0.130. The van der Waals surface area contributed by atoms with Gasteiger partial charge in [0.25, 0.3) is 0 Å². The average molecular weight is 445 g/mol. The van der Waals surface area contributed by atoms with E-state index in [0.29, 0.717) is 29.6 Å². The Morgan fingerprint density at radius 1 is 1.00 bits per heavy atom. The first-order valence-corrected chi connectivity index (χ1v) is 11.0. The highest BCUT2D eigenvalue weighted by Gasteiger charge is 2.23. The zero-order valence-electron chi connectivity index (χ0n) is 16.5. The largest absolute Gasteiger partial charge is 0.493 e. The molecule has 156 valence electrons. The predicted molar refractivity (Wildman–Crippen MR) is 119 cm³/mol. The fourth-order valence-corrected chi connectivity index (χ4v) is 4.79. The molecule has 0 saturated carbocycles. The number of halogens is 2. The Hall–Kier alpha value is -2.37. The highest BCUT2D eigenvalue weighted by Crippen LogP contribution is 2.33. The molecule has 1 aromatic heterocycles. The SMILES string of the molecule is O=C(Cc1coc2cc3c(cc12)CCCO3)N1CCN(c2cc(Cl)cc(Cl)c2)CC1. The molecule has 0 spiro atoms. The minimum atomic E-state index is 0.121. The van der Waals surface area contributed by atoms with Gasteiger partial charge in [0.2, 0.25) is 5.91 Å². The van der Waals surface area contributed by atoms with Gasteiger partial charge in [-0.3, -0.25) is 4.79 Å². The summed E-state index contributed by atoms with van der Waals surface area (Å²) >= 11 is 12.3. The number of carbonyl (C=O) groups excluding carboxylic acids is 1. The quantitative estimate of drug-likeness (QED) is 0.572. The van der Waals surface area contributed by atoms with E-state index in [1.165, 1.54) is 5.56 Å². The maximum atomic E-state index is 12.9. The van der Waals surface area contributed by atoms with E-state index >= 15 is 0 Å². The van der Waals surface area contributed by atoms with Crippen molar-refractivity contribution in [3.8, 4) is 5.75 Å². The van der Waals surface area contributed by atoms with Crippen LogP contribution in [0.1, 0.15) is 17.5 Å². The van der Waals surface area contributed by atoms with E-state index < -0.39 is 0 Å². The van der Waals surface area contributed by atoms with Crippen LogP contribution in [-0.2, 0) is 17.6 Å². The topological polar surface area (TPSA) is 45.9 Å². The molecular weight excluding hydrogens is 423 g/mol. The molecule has 7 heteroatoms. The Balaban J connectivity index is 1.26. The lowest BCUT2D eigenvalue weighted by Crippen LogP contribution is -2.49. The van der Waals surface area contributed by atoms with Gasteiger partial charge in [0.15, 0.2) is 0 Å². The van der Waals surface area contributed by atoms with Crippen molar-refractivity contribution in [2.75, 3.05) is 37.7 Å².